The zero-order chi connectivity index (χ0) is 13.1. The van der Waals surface area contributed by atoms with Gasteiger partial charge in [-0.25, -0.2) is 4.39 Å². The third kappa shape index (κ3) is 2.97. The van der Waals surface area contributed by atoms with Gasteiger partial charge < -0.3 is 15.8 Å². The lowest BCUT2D eigenvalue weighted by Gasteiger charge is -2.21. The molecule has 1 aliphatic heterocycles. The molecule has 0 saturated carbocycles. The Labute approximate surface area is 112 Å². The second-order valence-corrected chi connectivity index (χ2v) is 4.98. The number of nitrogens with two attached hydrogens (primary N) is 1. The minimum absolute atomic E-state index is 0.0752. The standard InChI is InChI=1S/C13H17FN2OS/c1-8(12-3-2-6-17-12)16-9-4-5-10(13(15)18)11(14)7-9/h4-5,7-8,12,16H,2-3,6H2,1H3,(H2,15,18). The summed E-state index contributed by atoms with van der Waals surface area (Å²) in [5.74, 6) is -0.396. The number of hydrogen-bond acceptors (Lipinski definition) is 3. The molecule has 0 aliphatic carbocycles. The van der Waals surface area contributed by atoms with Crippen LogP contribution in [0.15, 0.2) is 18.2 Å². The fraction of sp³-hybridized carbons (Fsp3) is 0.462. The van der Waals surface area contributed by atoms with Crippen LogP contribution >= 0.6 is 12.2 Å². The Balaban J connectivity index is 2.05. The van der Waals surface area contributed by atoms with E-state index in [2.05, 4.69) is 5.32 Å². The fourth-order valence-electron chi connectivity index (χ4n) is 2.16. The summed E-state index contributed by atoms with van der Waals surface area (Å²) in [6.45, 7) is 2.85. The topological polar surface area (TPSA) is 47.3 Å². The largest absolute Gasteiger partial charge is 0.389 e. The van der Waals surface area contributed by atoms with Crippen molar-refractivity contribution >= 4 is 22.9 Å². The van der Waals surface area contributed by atoms with Crippen molar-refractivity contribution < 1.29 is 9.13 Å². The molecular formula is C13H17FN2OS. The van der Waals surface area contributed by atoms with Crippen molar-refractivity contribution in [3.05, 3.63) is 29.6 Å². The van der Waals surface area contributed by atoms with Gasteiger partial charge in [0, 0.05) is 23.9 Å². The SMILES string of the molecule is CC(Nc1ccc(C(N)=S)c(F)c1)C1CCCO1. The zero-order valence-corrected chi connectivity index (χ0v) is 11.1. The molecule has 2 unspecified atom stereocenters. The molecule has 1 saturated heterocycles. The number of benzene rings is 1. The van der Waals surface area contributed by atoms with Crippen LogP contribution in [0.3, 0.4) is 0 Å². The van der Waals surface area contributed by atoms with E-state index in [9.17, 15) is 4.39 Å². The normalized spacial score (nSPS) is 20.7. The van der Waals surface area contributed by atoms with Crippen LogP contribution in [0.5, 0.6) is 0 Å². The third-order valence-corrected chi connectivity index (χ3v) is 3.37. The molecule has 3 N–H and O–H groups in total. The highest BCUT2D eigenvalue weighted by Gasteiger charge is 2.22. The minimum atomic E-state index is -0.396. The Hall–Kier alpha value is -1.20. The van der Waals surface area contributed by atoms with Gasteiger partial charge in [0.1, 0.15) is 10.8 Å². The maximum absolute atomic E-state index is 13.7. The summed E-state index contributed by atoms with van der Waals surface area (Å²) in [6, 6.07) is 4.95. The van der Waals surface area contributed by atoms with Gasteiger partial charge in [-0.05, 0) is 38.0 Å². The van der Waals surface area contributed by atoms with Crippen molar-refractivity contribution in [1.82, 2.24) is 0 Å². The lowest BCUT2D eigenvalue weighted by atomic mass is 10.1. The van der Waals surface area contributed by atoms with Crippen LogP contribution in [0, 0.1) is 5.82 Å². The number of nitrogens with one attached hydrogen (secondary N) is 1. The first-order chi connectivity index (χ1) is 8.58. The van der Waals surface area contributed by atoms with E-state index in [1.54, 1.807) is 12.1 Å². The Morgan fingerprint density at radius 2 is 2.39 bits per heavy atom. The van der Waals surface area contributed by atoms with E-state index in [-0.39, 0.29) is 22.7 Å². The molecule has 1 aromatic carbocycles. The van der Waals surface area contributed by atoms with Crippen LogP contribution in [-0.4, -0.2) is 23.7 Å². The number of anilines is 1. The smallest absolute Gasteiger partial charge is 0.135 e. The van der Waals surface area contributed by atoms with Gasteiger partial charge >= 0.3 is 0 Å². The lowest BCUT2D eigenvalue weighted by molar-refractivity contribution is 0.0996. The lowest BCUT2D eigenvalue weighted by Crippen LogP contribution is -2.30. The summed E-state index contributed by atoms with van der Waals surface area (Å²) < 4.78 is 19.3. The molecule has 5 heteroatoms. The van der Waals surface area contributed by atoms with Crippen molar-refractivity contribution in [3.63, 3.8) is 0 Å². The Morgan fingerprint density at radius 1 is 1.61 bits per heavy atom. The van der Waals surface area contributed by atoms with E-state index >= 15 is 0 Å². The predicted molar refractivity (Wildman–Crippen MR) is 74.3 cm³/mol. The van der Waals surface area contributed by atoms with E-state index < -0.39 is 5.82 Å². The van der Waals surface area contributed by atoms with Gasteiger partial charge in [0.05, 0.1) is 6.10 Å². The predicted octanol–water partition coefficient (Wildman–Crippen LogP) is 2.44. The average molecular weight is 268 g/mol. The van der Waals surface area contributed by atoms with Gasteiger partial charge in [-0.2, -0.15) is 0 Å². The summed E-state index contributed by atoms with van der Waals surface area (Å²) in [5, 5.41) is 3.24. The van der Waals surface area contributed by atoms with Gasteiger partial charge in [0.15, 0.2) is 0 Å². The number of thiocarbonyl (C=S) groups is 1. The van der Waals surface area contributed by atoms with Crippen molar-refractivity contribution in [2.75, 3.05) is 11.9 Å². The van der Waals surface area contributed by atoms with E-state index in [4.69, 9.17) is 22.7 Å². The molecule has 1 fully saturated rings. The van der Waals surface area contributed by atoms with Crippen molar-refractivity contribution in [1.29, 1.82) is 0 Å². The molecule has 98 valence electrons. The van der Waals surface area contributed by atoms with Crippen molar-refractivity contribution in [2.45, 2.75) is 31.9 Å². The summed E-state index contributed by atoms with van der Waals surface area (Å²) in [7, 11) is 0. The molecule has 0 bridgehead atoms. The number of hydrogen-bond donors (Lipinski definition) is 2. The van der Waals surface area contributed by atoms with Gasteiger partial charge in [-0.15, -0.1) is 0 Å². The summed E-state index contributed by atoms with van der Waals surface area (Å²) in [6.07, 6.45) is 2.33. The van der Waals surface area contributed by atoms with Gasteiger partial charge in [-0.3, -0.25) is 0 Å². The molecule has 3 nitrogen and oxygen atoms in total. The van der Waals surface area contributed by atoms with Crippen molar-refractivity contribution in [2.24, 2.45) is 5.73 Å². The van der Waals surface area contributed by atoms with Crippen LogP contribution in [-0.2, 0) is 4.74 Å². The second kappa shape index (κ2) is 5.63. The van der Waals surface area contributed by atoms with Crippen molar-refractivity contribution in [3.8, 4) is 0 Å². The Kier molecular flexibility index (Phi) is 4.14. The van der Waals surface area contributed by atoms with Crippen LogP contribution in [0.1, 0.15) is 25.3 Å². The molecule has 2 atom stereocenters. The molecule has 18 heavy (non-hydrogen) atoms. The van der Waals surface area contributed by atoms with Crippen LogP contribution in [0.4, 0.5) is 10.1 Å². The molecule has 0 aromatic heterocycles. The minimum Gasteiger partial charge on any atom is -0.389 e. The first-order valence-electron chi connectivity index (χ1n) is 6.05. The summed E-state index contributed by atoms with van der Waals surface area (Å²) in [4.78, 5) is 0.0752. The summed E-state index contributed by atoms with van der Waals surface area (Å²) in [5.41, 5.74) is 6.41. The van der Waals surface area contributed by atoms with E-state index in [0.29, 0.717) is 0 Å². The van der Waals surface area contributed by atoms with Gasteiger partial charge in [0.2, 0.25) is 0 Å². The van der Waals surface area contributed by atoms with Crippen LogP contribution < -0.4 is 11.1 Å². The van der Waals surface area contributed by atoms with E-state index in [1.807, 2.05) is 6.92 Å². The highest BCUT2D eigenvalue weighted by molar-refractivity contribution is 7.80. The molecule has 0 radical (unpaired) electrons. The monoisotopic (exact) mass is 268 g/mol. The molecule has 2 rings (SSSR count). The molecule has 0 spiro atoms. The van der Waals surface area contributed by atoms with E-state index in [0.717, 1.165) is 25.1 Å². The Morgan fingerprint density at radius 3 is 2.94 bits per heavy atom. The quantitative estimate of drug-likeness (QED) is 0.823. The number of ether oxygens (including phenoxy) is 1. The molecule has 0 amide bonds. The number of rotatable bonds is 4. The zero-order valence-electron chi connectivity index (χ0n) is 10.3. The molecular weight excluding hydrogens is 251 g/mol. The van der Waals surface area contributed by atoms with Crippen LogP contribution in [0.25, 0.3) is 0 Å². The maximum atomic E-state index is 13.7. The molecule has 1 heterocycles. The summed E-state index contributed by atoms with van der Waals surface area (Å²) >= 11 is 4.77. The van der Waals surface area contributed by atoms with Gasteiger partial charge in [-0.1, -0.05) is 12.2 Å². The maximum Gasteiger partial charge on any atom is 0.135 e. The molecule has 1 aromatic rings. The highest BCUT2D eigenvalue weighted by atomic mass is 32.1. The van der Waals surface area contributed by atoms with Crippen LogP contribution in [0.2, 0.25) is 0 Å². The first-order valence-corrected chi connectivity index (χ1v) is 6.46. The fourth-order valence-corrected chi connectivity index (χ4v) is 2.32. The third-order valence-electron chi connectivity index (χ3n) is 3.15. The molecule has 1 aliphatic rings. The average Bonchev–Trinajstić information content (AvgIpc) is 2.81. The van der Waals surface area contributed by atoms with Gasteiger partial charge in [0.25, 0.3) is 0 Å². The van der Waals surface area contributed by atoms with E-state index in [1.165, 1.54) is 6.07 Å². The Bertz CT molecular complexity index is 447. The second-order valence-electron chi connectivity index (χ2n) is 4.54. The number of halogens is 1. The first kappa shape index (κ1) is 13.2. The highest BCUT2D eigenvalue weighted by Crippen LogP contribution is 2.20.